The zero-order valence-corrected chi connectivity index (χ0v) is 15.1. The van der Waals surface area contributed by atoms with Gasteiger partial charge in [0.2, 0.25) is 5.91 Å². The van der Waals surface area contributed by atoms with Gasteiger partial charge in [0.25, 0.3) is 5.91 Å². The summed E-state index contributed by atoms with van der Waals surface area (Å²) >= 11 is 0. The molecule has 0 unspecified atom stereocenters. The van der Waals surface area contributed by atoms with Crippen LogP contribution in [0.15, 0.2) is 48.5 Å². The second-order valence-corrected chi connectivity index (χ2v) is 5.62. The number of ether oxygens (including phenoxy) is 2. The molecule has 0 radical (unpaired) electrons. The number of carbonyl (C=O) groups is 2. The minimum absolute atomic E-state index is 0.0144. The largest absolute Gasteiger partial charge is 0.497 e. The molecule has 0 aliphatic heterocycles. The van der Waals surface area contributed by atoms with Gasteiger partial charge in [0, 0.05) is 30.3 Å². The van der Waals surface area contributed by atoms with Crippen molar-refractivity contribution in [2.75, 3.05) is 25.7 Å². The summed E-state index contributed by atoms with van der Waals surface area (Å²) in [5, 5.41) is 0. The van der Waals surface area contributed by atoms with Gasteiger partial charge in [-0.3, -0.25) is 9.59 Å². The van der Waals surface area contributed by atoms with Crippen LogP contribution in [0.25, 0.3) is 6.08 Å². The zero-order chi connectivity index (χ0) is 19.8. The van der Waals surface area contributed by atoms with E-state index in [2.05, 4.69) is 0 Å². The summed E-state index contributed by atoms with van der Waals surface area (Å²) in [6, 6.07) is 10.6. The summed E-state index contributed by atoms with van der Waals surface area (Å²) in [4.78, 5) is 25.2. The number of hydrogen-bond donors (Lipinski definition) is 1. The maximum absolute atomic E-state index is 13.2. The van der Waals surface area contributed by atoms with Crippen molar-refractivity contribution in [2.24, 2.45) is 5.73 Å². The average Bonchev–Trinajstić information content (AvgIpc) is 2.67. The highest BCUT2D eigenvalue weighted by atomic mass is 19.1. The van der Waals surface area contributed by atoms with Gasteiger partial charge >= 0.3 is 0 Å². The summed E-state index contributed by atoms with van der Waals surface area (Å²) in [6.07, 6.45) is 2.92. The Bertz CT molecular complexity index is 834. The first-order valence-corrected chi connectivity index (χ1v) is 8.20. The number of methoxy groups -OCH3 is 2. The molecule has 0 aromatic heterocycles. The van der Waals surface area contributed by atoms with E-state index in [1.165, 1.54) is 42.4 Å². The minimum Gasteiger partial charge on any atom is -0.497 e. The standard InChI is InChI=1S/C20H21FN2O4/c1-26-17-8-9-18(27-2)14(13-17)3-10-20(25)23(12-11-19(22)24)16-6-4-15(21)5-7-16/h3-10,13H,11-12H2,1-2H3,(H2,22,24). The number of rotatable bonds is 8. The lowest BCUT2D eigenvalue weighted by molar-refractivity contribution is -0.118. The van der Waals surface area contributed by atoms with Gasteiger partial charge in [-0.05, 0) is 48.5 Å². The van der Waals surface area contributed by atoms with Crippen molar-refractivity contribution in [1.82, 2.24) is 0 Å². The quantitative estimate of drug-likeness (QED) is 0.723. The summed E-state index contributed by atoms with van der Waals surface area (Å²) in [6.45, 7) is 0.0827. The van der Waals surface area contributed by atoms with Gasteiger partial charge in [-0.1, -0.05) is 0 Å². The number of amides is 2. The summed E-state index contributed by atoms with van der Waals surface area (Å²) in [7, 11) is 3.07. The Morgan fingerprint density at radius 3 is 2.41 bits per heavy atom. The average molecular weight is 372 g/mol. The number of hydrogen-bond acceptors (Lipinski definition) is 4. The number of carbonyl (C=O) groups excluding carboxylic acids is 2. The SMILES string of the molecule is COc1ccc(OC)c(C=CC(=O)N(CCC(N)=O)c2ccc(F)cc2)c1. The molecule has 142 valence electrons. The Morgan fingerprint density at radius 1 is 1.11 bits per heavy atom. The third-order valence-electron chi connectivity index (χ3n) is 3.83. The Morgan fingerprint density at radius 2 is 1.81 bits per heavy atom. The van der Waals surface area contributed by atoms with Gasteiger partial charge in [0.1, 0.15) is 17.3 Å². The molecule has 2 rings (SSSR count). The van der Waals surface area contributed by atoms with Crippen molar-refractivity contribution in [3.63, 3.8) is 0 Å². The molecule has 0 bridgehead atoms. The lowest BCUT2D eigenvalue weighted by Gasteiger charge is -2.21. The highest BCUT2D eigenvalue weighted by molar-refractivity contribution is 6.04. The smallest absolute Gasteiger partial charge is 0.251 e. The molecule has 2 amide bonds. The molecule has 2 aromatic carbocycles. The van der Waals surface area contributed by atoms with E-state index >= 15 is 0 Å². The fraction of sp³-hybridized carbons (Fsp3) is 0.200. The van der Waals surface area contributed by atoms with E-state index < -0.39 is 11.7 Å². The molecule has 0 saturated heterocycles. The maximum Gasteiger partial charge on any atom is 0.251 e. The Hall–Kier alpha value is -3.35. The molecular weight excluding hydrogens is 351 g/mol. The van der Waals surface area contributed by atoms with Crippen molar-refractivity contribution < 1.29 is 23.5 Å². The van der Waals surface area contributed by atoms with Crippen molar-refractivity contribution in [3.8, 4) is 11.5 Å². The van der Waals surface area contributed by atoms with E-state index in [9.17, 15) is 14.0 Å². The highest BCUT2D eigenvalue weighted by Crippen LogP contribution is 2.25. The Labute approximate surface area is 157 Å². The molecule has 0 saturated carbocycles. The predicted molar refractivity (Wildman–Crippen MR) is 101 cm³/mol. The predicted octanol–water partition coefficient (Wildman–Crippen LogP) is 2.76. The number of nitrogens with two attached hydrogens (primary N) is 1. The van der Waals surface area contributed by atoms with E-state index in [0.717, 1.165) is 0 Å². The molecule has 0 spiro atoms. The molecule has 0 aliphatic carbocycles. The molecule has 7 heteroatoms. The fourth-order valence-electron chi connectivity index (χ4n) is 2.43. The number of halogens is 1. The summed E-state index contributed by atoms with van der Waals surface area (Å²) < 4.78 is 23.6. The van der Waals surface area contributed by atoms with Gasteiger partial charge in [-0.25, -0.2) is 4.39 Å². The Kier molecular flexibility index (Phi) is 6.93. The van der Waals surface area contributed by atoms with E-state index in [1.54, 1.807) is 31.4 Å². The van der Waals surface area contributed by atoms with Gasteiger partial charge in [0.15, 0.2) is 0 Å². The number of nitrogens with zero attached hydrogens (tertiary/aromatic N) is 1. The number of benzene rings is 2. The van der Waals surface area contributed by atoms with Crippen LogP contribution in [0.4, 0.5) is 10.1 Å². The maximum atomic E-state index is 13.2. The van der Waals surface area contributed by atoms with Crippen LogP contribution in [-0.4, -0.2) is 32.6 Å². The van der Waals surface area contributed by atoms with Crippen LogP contribution in [0.5, 0.6) is 11.5 Å². The van der Waals surface area contributed by atoms with Gasteiger partial charge in [0.05, 0.1) is 14.2 Å². The van der Waals surface area contributed by atoms with Gasteiger partial charge in [-0.2, -0.15) is 0 Å². The normalized spacial score (nSPS) is 10.6. The summed E-state index contributed by atoms with van der Waals surface area (Å²) in [5.41, 5.74) is 6.31. The summed E-state index contributed by atoms with van der Waals surface area (Å²) in [5.74, 6) is -0.142. The number of anilines is 1. The second kappa shape index (κ2) is 9.38. The van der Waals surface area contributed by atoms with E-state index in [4.69, 9.17) is 15.2 Å². The molecule has 0 atom stereocenters. The molecule has 2 N–H and O–H groups in total. The van der Waals surface area contributed by atoms with Crippen LogP contribution < -0.4 is 20.1 Å². The lowest BCUT2D eigenvalue weighted by atomic mass is 10.1. The van der Waals surface area contributed by atoms with Crippen LogP contribution in [-0.2, 0) is 9.59 Å². The third-order valence-corrected chi connectivity index (χ3v) is 3.83. The molecule has 2 aromatic rings. The van der Waals surface area contributed by atoms with Crippen LogP contribution in [0, 0.1) is 5.82 Å². The lowest BCUT2D eigenvalue weighted by Crippen LogP contribution is -2.32. The van der Waals surface area contributed by atoms with Crippen molar-refractivity contribution in [1.29, 1.82) is 0 Å². The van der Waals surface area contributed by atoms with E-state index in [1.807, 2.05) is 0 Å². The van der Waals surface area contributed by atoms with Crippen LogP contribution in [0.2, 0.25) is 0 Å². The second-order valence-electron chi connectivity index (χ2n) is 5.62. The van der Waals surface area contributed by atoms with Crippen LogP contribution >= 0.6 is 0 Å². The molecule has 0 heterocycles. The minimum atomic E-state index is -0.534. The molecule has 27 heavy (non-hydrogen) atoms. The molecule has 6 nitrogen and oxygen atoms in total. The van der Waals surface area contributed by atoms with Crippen molar-refractivity contribution in [2.45, 2.75) is 6.42 Å². The van der Waals surface area contributed by atoms with Crippen LogP contribution in [0.1, 0.15) is 12.0 Å². The molecule has 0 aliphatic rings. The molecular formula is C20H21FN2O4. The zero-order valence-electron chi connectivity index (χ0n) is 15.1. The highest BCUT2D eigenvalue weighted by Gasteiger charge is 2.15. The van der Waals surface area contributed by atoms with Gasteiger partial charge in [-0.15, -0.1) is 0 Å². The van der Waals surface area contributed by atoms with Crippen LogP contribution in [0.3, 0.4) is 0 Å². The van der Waals surface area contributed by atoms with E-state index in [0.29, 0.717) is 22.7 Å². The first-order chi connectivity index (χ1) is 12.9. The third kappa shape index (κ3) is 5.57. The Balaban J connectivity index is 2.28. The van der Waals surface area contributed by atoms with Gasteiger partial charge < -0.3 is 20.1 Å². The van der Waals surface area contributed by atoms with Crippen molar-refractivity contribution in [3.05, 3.63) is 59.9 Å². The topological polar surface area (TPSA) is 81.9 Å². The van der Waals surface area contributed by atoms with Crippen molar-refractivity contribution >= 4 is 23.6 Å². The monoisotopic (exact) mass is 372 g/mol. The fourth-order valence-corrected chi connectivity index (χ4v) is 2.43. The molecule has 0 fully saturated rings. The first kappa shape index (κ1) is 20.0. The van der Waals surface area contributed by atoms with E-state index in [-0.39, 0.29) is 18.9 Å². The number of primary amides is 1. The first-order valence-electron chi connectivity index (χ1n) is 8.20.